The van der Waals surface area contributed by atoms with Gasteiger partial charge in [0.25, 0.3) is 5.56 Å². The quantitative estimate of drug-likeness (QED) is 0.117. The van der Waals surface area contributed by atoms with Crippen molar-refractivity contribution in [1.29, 1.82) is 0 Å². The fraction of sp³-hybridized carbons (Fsp3) is 0.121. The molecule has 6 nitrogen and oxygen atoms in total. The molecule has 228 valence electrons. The molecular weight excluding hydrogens is 877 g/mol. The number of halogens is 4. The minimum atomic E-state index is -0.698. The highest BCUT2D eigenvalue weighted by molar-refractivity contribution is 14.1. The van der Waals surface area contributed by atoms with Crippen LogP contribution in [0.2, 0.25) is 10.0 Å². The second kappa shape index (κ2) is 14.1. The van der Waals surface area contributed by atoms with E-state index in [1.165, 1.54) is 22.7 Å². The summed E-state index contributed by atoms with van der Waals surface area (Å²) in [6.45, 7) is 2.18. The zero-order valence-corrected chi connectivity index (χ0v) is 30.9. The van der Waals surface area contributed by atoms with Crippen LogP contribution >= 0.6 is 91.1 Å². The maximum Gasteiger partial charge on any atom is 0.338 e. The van der Waals surface area contributed by atoms with E-state index in [-0.39, 0.29) is 18.8 Å². The molecule has 12 heteroatoms. The molecule has 0 fully saturated rings. The first-order valence-electron chi connectivity index (χ1n) is 13.6. The number of benzene rings is 3. The summed E-state index contributed by atoms with van der Waals surface area (Å²) in [4.78, 5) is 34.1. The predicted octanol–water partition coefficient (Wildman–Crippen LogP) is 8.09. The Balaban J connectivity index is 1.53. The molecule has 2 aromatic heterocycles. The summed E-state index contributed by atoms with van der Waals surface area (Å²) in [5.41, 5.74) is 2.86. The van der Waals surface area contributed by atoms with Gasteiger partial charge < -0.3 is 9.47 Å². The van der Waals surface area contributed by atoms with Crippen molar-refractivity contribution < 1.29 is 14.3 Å². The van der Waals surface area contributed by atoms with Crippen LogP contribution in [0.15, 0.2) is 93.5 Å². The van der Waals surface area contributed by atoms with Gasteiger partial charge in [-0.25, -0.2) is 9.79 Å². The van der Waals surface area contributed by atoms with Crippen LogP contribution in [0.3, 0.4) is 0 Å². The van der Waals surface area contributed by atoms with Gasteiger partial charge in [0.2, 0.25) is 0 Å². The smallest absolute Gasteiger partial charge is 0.338 e. The number of esters is 1. The lowest BCUT2D eigenvalue weighted by atomic mass is 9.97. The molecule has 3 heterocycles. The number of hydrogen-bond donors (Lipinski definition) is 0. The Labute approximate surface area is 303 Å². The summed E-state index contributed by atoms with van der Waals surface area (Å²) >= 11 is 19.7. The first-order valence-corrected chi connectivity index (χ1v) is 18.2. The summed E-state index contributed by atoms with van der Waals surface area (Å²) in [6.07, 6.45) is 1.83. The molecule has 0 aliphatic carbocycles. The molecule has 45 heavy (non-hydrogen) atoms. The van der Waals surface area contributed by atoms with Gasteiger partial charge in [0.15, 0.2) is 4.80 Å². The third-order valence-corrected chi connectivity index (χ3v) is 10.8. The Morgan fingerprint density at radius 1 is 1.07 bits per heavy atom. The van der Waals surface area contributed by atoms with E-state index in [0.29, 0.717) is 36.4 Å². The number of hydrogen-bond acceptors (Lipinski definition) is 7. The number of ether oxygens (including phenoxy) is 2. The monoisotopic (exact) mass is 898 g/mol. The van der Waals surface area contributed by atoms with Crippen molar-refractivity contribution >= 4 is 109 Å². The van der Waals surface area contributed by atoms with E-state index >= 15 is 0 Å². The zero-order valence-electron chi connectivity index (χ0n) is 23.4. The number of thiophene rings is 1. The second-order valence-corrected chi connectivity index (χ2v) is 15.0. The molecule has 0 saturated carbocycles. The van der Waals surface area contributed by atoms with E-state index < -0.39 is 12.0 Å². The maximum absolute atomic E-state index is 14.3. The number of nitrogens with zero attached hydrogens (tertiary/aromatic N) is 2. The minimum Gasteiger partial charge on any atom is -0.487 e. The lowest BCUT2D eigenvalue weighted by molar-refractivity contribution is -0.138. The van der Waals surface area contributed by atoms with Gasteiger partial charge in [-0.05, 0) is 93.9 Å². The first kappa shape index (κ1) is 32.5. The second-order valence-electron chi connectivity index (χ2n) is 9.78. The van der Waals surface area contributed by atoms with Gasteiger partial charge in [-0.3, -0.25) is 9.36 Å². The van der Waals surface area contributed by atoms with Crippen molar-refractivity contribution in [1.82, 2.24) is 4.57 Å². The van der Waals surface area contributed by atoms with Gasteiger partial charge in [-0.15, -0.1) is 11.3 Å². The van der Waals surface area contributed by atoms with Crippen LogP contribution < -0.4 is 19.6 Å². The first-order chi connectivity index (χ1) is 21.7. The van der Waals surface area contributed by atoms with Crippen LogP contribution in [-0.4, -0.2) is 17.1 Å². The number of carbonyl (C=O) groups excluding carboxylic acids is 1. The number of aromatic nitrogens is 1. The topological polar surface area (TPSA) is 69.9 Å². The molecule has 6 rings (SSSR count). The van der Waals surface area contributed by atoms with Crippen LogP contribution in [0, 0.1) is 7.14 Å². The molecule has 0 N–H and O–H groups in total. The lowest BCUT2D eigenvalue weighted by Gasteiger charge is -2.24. The standard InChI is InChI=1S/C33H22Cl2I2N2O4S2/c1-2-42-32(41)27-28(18-7-4-3-5-8-18)38-33-39(29(27)25-9-6-12-44-25)31(40)26(45-33)14-20-13-22(36)16-24(37)30(20)43-17-19-10-11-21(34)15-23(19)35/h3-16,29H,2,17H2,1H3/b26-14-/t29-/m0/s1. The minimum absolute atomic E-state index is 0.196. The van der Waals surface area contributed by atoms with E-state index in [1.54, 1.807) is 23.6 Å². The average molecular weight is 899 g/mol. The Morgan fingerprint density at radius 2 is 1.87 bits per heavy atom. The normalized spacial score (nSPS) is 14.7. The third kappa shape index (κ3) is 6.82. The predicted molar refractivity (Wildman–Crippen MR) is 198 cm³/mol. The van der Waals surface area contributed by atoms with Crippen molar-refractivity contribution in [2.75, 3.05) is 6.61 Å². The van der Waals surface area contributed by atoms with E-state index in [9.17, 15) is 9.59 Å². The SMILES string of the molecule is CCOC(=O)C1=C(c2ccccc2)N=c2s/c(=C\c3cc(I)cc(I)c3OCc3ccc(Cl)cc3Cl)c(=O)n2[C@H]1c1cccs1. The highest BCUT2D eigenvalue weighted by Gasteiger charge is 2.35. The van der Waals surface area contributed by atoms with Crippen molar-refractivity contribution in [3.05, 3.63) is 142 Å². The molecule has 1 aliphatic rings. The van der Waals surface area contributed by atoms with E-state index in [4.69, 9.17) is 37.7 Å². The van der Waals surface area contributed by atoms with Gasteiger partial charge in [-0.1, -0.05) is 77.0 Å². The van der Waals surface area contributed by atoms with Crippen LogP contribution in [0.4, 0.5) is 0 Å². The van der Waals surface area contributed by atoms with Crippen LogP contribution in [0.25, 0.3) is 11.8 Å². The Morgan fingerprint density at radius 3 is 2.58 bits per heavy atom. The molecule has 0 bridgehead atoms. The highest BCUT2D eigenvalue weighted by atomic mass is 127. The third-order valence-electron chi connectivity index (χ3n) is 6.90. The molecule has 0 radical (unpaired) electrons. The molecule has 0 spiro atoms. The Bertz CT molecular complexity index is 2130. The van der Waals surface area contributed by atoms with Gasteiger partial charge >= 0.3 is 5.97 Å². The Hall–Kier alpha value is -2.49. The number of fused-ring (bicyclic) bond motifs is 1. The number of thiazole rings is 1. The molecule has 0 saturated heterocycles. The Kier molecular flexibility index (Phi) is 10.2. The van der Waals surface area contributed by atoms with Crippen LogP contribution in [-0.2, 0) is 16.1 Å². The van der Waals surface area contributed by atoms with Gasteiger partial charge in [0.1, 0.15) is 18.4 Å². The van der Waals surface area contributed by atoms with Crippen molar-refractivity contribution in [3.63, 3.8) is 0 Å². The molecule has 1 aliphatic heterocycles. The summed E-state index contributed by atoms with van der Waals surface area (Å²) in [5, 5.41) is 2.99. The van der Waals surface area contributed by atoms with Gasteiger partial charge in [0, 0.05) is 35.2 Å². The zero-order chi connectivity index (χ0) is 31.7. The highest BCUT2D eigenvalue weighted by Crippen LogP contribution is 2.37. The summed E-state index contributed by atoms with van der Waals surface area (Å²) in [6, 6.07) is 21.9. The van der Waals surface area contributed by atoms with Crippen molar-refractivity contribution in [2.24, 2.45) is 4.99 Å². The van der Waals surface area contributed by atoms with Gasteiger partial charge in [0.05, 0.1) is 26.0 Å². The van der Waals surface area contributed by atoms with E-state index in [2.05, 4.69) is 45.2 Å². The summed E-state index contributed by atoms with van der Waals surface area (Å²) < 4.78 is 15.8. The lowest BCUT2D eigenvalue weighted by Crippen LogP contribution is -2.39. The molecule has 1 atom stereocenters. The maximum atomic E-state index is 14.3. The molecule has 0 unspecified atom stereocenters. The average Bonchev–Trinajstić information content (AvgIpc) is 3.65. The van der Waals surface area contributed by atoms with Crippen molar-refractivity contribution in [2.45, 2.75) is 19.6 Å². The number of rotatable bonds is 8. The van der Waals surface area contributed by atoms with E-state index in [1.807, 2.05) is 72.1 Å². The largest absolute Gasteiger partial charge is 0.487 e. The molecular formula is C33H22Cl2I2N2O4S2. The summed E-state index contributed by atoms with van der Waals surface area (Å²) in [7, 11) is 0. The van der Waals surface area contributed by atoms with E-state index in [0.717, 1.165) is 28.7 Å². The molecule has 0 amide bonds. The fourth-order valence-electron chi connectivity index (χ4n) is 4.93. The molecule has 5 aromatic rings. The fourth-order valence-corrected chi connectivity index (χ4v) is 9.25. The summed E-state index contributed by atoms with van der Waals surface area (Å²) in [5.74, 6) is 0.122. The number of carbonyl (C=O) groups is 1. The molecule has 3 aromatic carbocycles. The van der Waals surface area contributed by atoms with Crippen molar-refractivity contribution in [3.8, 4) is 5.75 Å². The van der Waals surface area contributed by atoms with Gasteiger partial charge in [-0.2, -0.15) is 0 Å². The van der Waals surface area contributed by atoms with Crippen LogP contribution in [0.1, 0.15) is 34.5 Å². The van der Waals surface area contributed by atoms with Crippen LogP contribution in [0.5, 0.6) is 5.75 Å².